The highest BCUT2D eigenvalue weighted by atomic mass is 79.9. The molecule has 1 aromatic heterocycles. The van der Waals surface area contributed by atoms with Crippen molar-refractivity contribution in [2.24, 2.45) is 7.05 Å². The maximum absolute atomic E-state index is 9.23. The molecule has 0 fully saturated rings. The number of nitrogens with zero attached hydrogens (tertiary/aromatic N) is 2. The zero-order valence-corrected chi connectivity index (χ0v) is 9.90. The molecule has 0 radical (unpaired) electrons. The molecule has 2 aromatic rings. The van der Waals surface area contributed by atoms with E-state index >= 15 is 0 Å². The van der Waals surface area contributed by atoms with Crippen LogP contribution >= 0.6 is 15.9 Å². The molecule has 3 nitrogen and oxygen atoms in total. The van der Waals surface area contributed by atoms with Crippen molar-refractivity contribution in [1.82, 2.24) is 9.78 Å². The Morgan fingerprint density at radius 2 is 2.00 bits per heavy atom. The van der Waals surface area contributed by atoms with Gasteiger partial charge in [0.05, 0.1) is 18.5 Å². The number of rotatable bonds is 2. The Morgan fingerprint density at radius 1 is 1.33 bits per heavy atom. The molecule has 1 heterocycles. The number of aryl methyl sites for hydroxylation is 1. The number of benzene rings is 1. The van der Waals surface area contributed by atoms with E-state index in [9.17, 15) is 5.11 Å². The molecule has 0 atom stereocenters. The van der Waals surface area contributed by atoms with E-state index < -0.39 is 0 Å². The smallest absolute Gasteiger partial charge is 0.0856 e. The summed E-state index contributed by atoms with van der Waals surface area (Å²) in [4.78, 5) is 0. The van der Waals surface area contributed by atoms with Gasteiger partial charge in [-0.15, -0.1) is 0 Å². The minimum Gasteiger partial charge on any atom is -0.390 e. The maximum atomic E-state index is 9.23. The van der Waals surface area contributed by atoms with E-state index in [2.05, 4.69) is 21.0 Å². The molecule has 2 rings (SSSR count). The molecule has 0 saturated heterocycles. The quantitative estimate of drug-likeness (QED) is 0.906. The number of hydrogen-bond donors (Lipinski definition) is 1. The SMILES string of the molecule is Cn1ncc(-c2ccc(Br)cc2)c1CO. The molecular weight excluding hydrogens is 256 g/mol. The summed E-state index contributed by atoms with van der Waals surface area (Å²) in [6, 6.07) is 7.95. The van der Waals surface area contributed by atoms with E-state index in [-0.39, 0.29) is 6.61 Å². The van der Waals surface area contributed by atoms with Gasteiger partial charge in [-0.05, 0) is 17.7 Å². The van der Waals surface area contributed by atoms with Crippen LogP contribution in [0.2, 0.25) is 0 Å². The Balaban J connectivity index is 2.49. The fraction of sp³-hybridized carbons (Fsp3) is 0.182. The summed E-state index contributed by atoms with van der Waals surface area (Å²) in [6.45, 7) is 0.00188. The third kappa shape index (κ3) is 1.96. The van der Waals surface area contributed by atoms with Crippen molar-refractivity contribution in [3.63, 3.8) is 0 Å². The lowest BCUT2D eigenvalue weighted by atomic mass is 10.1. The molecule has 78 valence electrons. The van der Waals surface area contributed by atoms with Crippen LogP contribution in [0.3, 0.4) is 0 Å². The van der Waals surface area contributed by atoms with Crippen LogP contribution in [-0.4, -0.2) is 14.9 Å². The molecule has 0 unspecified atom stereocenters. The molecule has 1 N–H and O–H groups in total. The fourth-order valence-corrected chi connectivity index (χ4v) is 1.79. The van der Waals surface area contributed by atoms with Crippen LogP contribution in [0.25, 0.3) is 11.1 Å². The van der Waals surface area contributed by atoms with Gasteiger partial charge < -0.3 is 5.11 Å². The fourth-order valence-electron chi connectivity index (χ4n) is 1.52. The predicted molar refractivity (Wildman–Crippen MR) is 62.3 cm³/mol. The topological polar surface area (TPSA) is 38.0 Å². The van der Waals surface area contributed by atoms with Crippen LogP contribution in [0.4, 0.5) is 0 Å². The predicted octanol–water partition coefficient (Wildman–Crippen LogP) is 2.34. The molecule has 0 bridgehead atoms. The summed E-state index contributed by atoms with van der Waals surface area (Å²) in [6.07, 6.45) is 1.77. The minimum absolute atomic E-state index is 0.00188. The van der Waals surface area contributed by atoms with Gasteiger partial charge in [0.1, 0.15) is 0 Å². The second-order valence-electron chi connectivity index (χ2n) is 3.29. The average Bonchev–Trinajstić information content (AvgIpc) is 2.61. The summed E-state index contributed by atoms with van der Waals surface area (Å²) in [5.74, 6) is 0. The van der Waals surface area contributed by atoms with Crippen molar-refractivity contribution in [3.8, 4) is 11.1 Å². The lowest BCUT2D eigenvalue weighted by Crippen LogP contribution is -1.98. The van der Waals surface area contributed by atoms with E-state index in [1.807, 2.05) is 31.3 Å². The van der Waals surface area contributed by atoms with Gasteiger partial charge in [0, 0.05) is 17.1 Å². The third-order valence-corrected chi connectivity index (χ3v) is 2.90. The molecule has 0 aliphatic heterocycles. The number of halogens is 1. The van der Waals surface area contributed by atoms with E-state index in [1.54, 1.807) is 10.9 Å². The Morgan fingerprint density at radius 3 is 2.60 bits per heavy atom. The van der Waals surface area contributed by atoms with E-state index in [4.69, 9.17) is 0 Å². The molecule has 0 amide bonds. The molecule has 4 heteroatoms. The highest BCUT2D eigenvalue weighted by Gasteiger charge is 2.08. The van der Waals surface area contributed by atoms with Crippen LogP contribution in [0.15, 0.2) is 34.9 Å². The van der Waals surface area contributed by atoms with Gasteiger partial charge in [0.2, 0.25) is 0 Å². The van der Waals surface area contributed by atoms with Crippen molar-refractivity contribution in [2.75, 3.05) is 0 Å². The lowest BCUT2D eigenvalue weighted by Gasteiger charge is -2.02. The zero-order valence-electron chi connectivity index (χ0n) is 8.31. The Bertz CT molecular complexity index is 462. The van der Waals surface area contributed by atoms with E-state index in [0.717, 1.165) is 21.3 Å². The third-order valence-electron chi connectivity index (χ3n) is 2.37. The summed E-state index contributed by atoms with van der Waals surface area (Å²) in [7, 11) is 1.83. The number of aliphatic hydroxyl groups excluding tert-OH is 1. The Kier molecular flexibility index (Phi) is 2.88. The molecule has 0 aliphatic carbocycles. The summed E-state index contributed by atoms with van der Waals surface area (Å²) in [5, 5.41) is 13.4. The van der Waals surface area contributed by atoms with Crippen molar-refractivity contribution < 1.29 is 5.11 Å². The summed E-state index contributed by atoms with van der Waals surface area (Å²) >= 11 is 3.39. The summed E-state index contributed by atoms with van der Waals surface area (Å²) < 4.78 is 2.73. The van der Waals surface area contributed by atoms with Gasteiger partial charge in [-0.25, -0.2) is 0 Å². The van der Waals surface area contributed by atoms with Crippen LogP contribution in [0.1, 0.15) is 5.69 Å². The van der Waals surface area contributed by atoms with Crippen LogP contribution < -0.4 is 0 Å². The van der Waals surface area contributed by atoms with Crippen molar-refractivity contribution in [3.05, 3.63) is 40.6 Å². The molecule has 1 aromatic carbocycles. The summed E-state index contributed by atoms with van der Waals surface area (Å²) in [5.41, 5.74) is 2.88. The highest BCUT2D eigenvalue weighted by Crippen LogP contribution is 2.24. The van der Waals surface area contributed by atoms with Crippen LogP contribution in [0, 0.1) is 0 Å². The van der Waals surface area contributed by atoms with Crippen LogP contribution in [0.5, 0.6) is 0 Å². The first kappa shape index (κ1) is 10.4. The van der Waals surface area contributed by atoms with Crippen molar-refractivity contribution in [2.45, 2.75) is 6.61 Å². The minimum atomic E-state index is 0.00188. The number of aliphatic hydroxyl groups is 1. The van der Waals surface area contributed by atoms with Crippen molar-refractivity contribution >= 4 is 15.9 Å². The number of hydrogen-bond acceptors (Lipinski definition) is 2. The van der Waals surface area contributed by atoms with E-state index in [0.29, 0.717) is 0 Å². The zero-order chi connectivity index (χ0) is 10.8. The average molecular weight is 267 g/mol. The Labute approximate surface area is 96.5 Å². The second-order valence-corrected chi connectivity index (χ2v) is 4.21. The molecule has 0 saturated carbocycles. The van der Waals surface area contributed by atoms with Crippen molar-refractivity contribution in [1.29, 1.82) is 0 Å². The first-order chi connectivity index (χ1) is 7.22. The first-order valence-electron chi connectivity index (χ1n) is 4.60. The van der Waals surface area contributed by atoms with Gasteiger partial charge in [-0.1, -0.05) is 28.1 Å². The van der Waals surface area contributed by atoms with Gasteiger partial charge in [0.25, 0.3) is 0 Å². The van der Waals surface area contributed by atoms with Gasteiger partial charge in [-0.2, -0.15) is 5.10 Å². The Hall–Kier alpha value is -1.13. The van der Waals surface area contributed by atoms with Gasteiger partial charge in [0.15, 0.2) is 0 Å². The molecule has 0 aliphatic rings. The highest BCUT2D eigenvalue weighted by molar-refractivity contribution is 9.10. The standard InChI is InChI=1S/C11H11BrN2O/c1-14-11(7-15)10(6-13-14)8-2-4-9(12)5-3-8/h2-6,15H,7H2,1H3. The number of aromatic nitrogens is 2. The lowest BCUT2D eigenvalue weighted by molar-refractivity contribution is 0.271. The molecular formula is C11H11BrN2O. The normalized spacial score (nSPS) is 10.6. The maximum Gasteiger partial charge on any atom is 0.0856 e. The largest absolute Gasteiger partial charge is 0.390 e. The molecule has 15 heavy (non-hydrogen) atoms. The molecule has 0 spiro atoms. The van der Waals surface area contributed by atoms with Gasteiger partial charge in [-0.3, -0.25) is 4.68 Å². The second kappa shape index (κ2) is 4.16. The monoisotopic (exact) mass is 266 g/mol. The van der Waals surface area contributed by atoms with Crippen LogP contribution in [-0.2, 0) is 13.7 Å². The van der Waals surface area contributed by atoms with Gasteiger partial charge >= 0.3 is 0 Å². The first-order valence-corrected chi connectivity index (χ1v) is 5.39. The van der Waals surface area contributed by atoms with E-state index in [1.165, 1.54) is 0 Å².